The van der Waals surface area contributed by atoms with E-state index in [9.17, 15) is 14.7 Å². The van der Waals surface area contributed by atoms with Crippen molar-refractivity contribution in [2.45, 2.75) is 12.5 Å². The standard InChI is InChI=1S/C27H29ClN2O5/c1-2-15-35-22-9-7-19(8-10-22)25(31)23-24(20-5-3-6-21(28)18-20)30(27(33)26(23)32)12-4-11-29-13-16-34-17-14-29/h2-3,5-10,18,24,31H,1,4,11-17H2/b25-23+. The Morgan fingerprint density at radius 3 is 2.63 bits per heavy atom. The van der Waals surface area contributed by atoms with Crippen molar-refractivity contribution in [3.63, 3.8) is 0 Å². The van der Waals surface area contributed by atoms with Gasteiger partial charge in [-0.3, -0.25) is 9.59 Å². The van der Waals surface area contributed by atoms with Gasteiger partial charge in [-0.2, -0.15) is 0 Å². The Kier molecular flexibility index (Phi) is 8.23. The number of halogens is 1. The molecule has 7 nitrogen and oxygen atoms in total. The second kappa shape index (κ2) is 11.5. The Morgan fingerprint density at radius 2 is 1.94 bits per heavy atom. The fourth-order valence-electron chi connectivity index (χ4n) is 4.55. The minimum Gasteiger partial charge on any atom is -0.872 e. The maximum Gasteiger partial charge on any atom is 0.295 e. The van der Waals surface area contributed by atoms with Crippen molar-refractivity contribution < 1.29 is 29.1 Å². The molecule has 1 unspecified atom stereocenters. The second-order valence-electron chi connectivity index (χ2n) is 8.62. The number of ketones is 1. The van der Waals surface area contributed by atoms with Crippen molar-refractivity contribution >= 4 is 29.1 Å². The van der Waals surface area contributed by atoms with Crippen LogP contribution in [0.3, 0.4) is 0 Å². The van der Waals surface area contributed by atoms with Crippen LogP contribution in [-0.4, -0.2) is 62.6 Å². The summed E-state index contributed by atoms with van der Waals surface area (Å²) in [6.07, 6.45) is 2.34. The average molecular weight is 497 g/mol. The number of morpholine rings is 1. The van der Waals surface area contributed by atoms with Gasteiger partial charge in [0.25, 0.3) is 5.91 Å². The molecule has 1 amide bonds. The molecule has 0 bridgehead atoms. The summed E-state index contributed by atoms with van der Waals surface area (Å²) in [5.74, 6) is -1.30. The van der Waals surface area contributed by atoms with Gasteiger partial charge >= 0.3 is 0 Å². The first-order chi connectivity index (χ1) is 17.0. The number of Topliss-reactive ketones (excluding diaryl/α,β-unsaturated/α-hetero) is 1. The van der Waals surface area contributed by atoms with Crippen molar-refractivity contribution in [3.05, 3.63) is 82.9 Å². The average Bonchev–Trinajstić information content (AvgIpc) is 3.13. The Hall–Kier alpha value is -3.13. The van der Waals surface area contributed by atoms with Crippen molar-refractivity contribution in [2.24, 2.45) is 0 Å². The Morgan fingerprint density at radius 1 is 1.20 bits per heavy atom. The molecule has 35 heavy (non-hydrogen) atoms. The molecule has 0 saturated carbocycles. The van der Waals surface area contributed by atoms with Crippen LogP contribution >= 0.6 is 11.6 Å². The van der Waals surface area contributed by atoms with Crippen molar-refractivity contribution in [1.82, 2.24) is 4.90 Å². The van der Waals surface area contributed by atoms with Crippen molar-refractivity contribution in [2.75, 3.05) is 46.0 Å². The molecule has 0 spiro atoms. The van der Waals surface area contributed by atoms with Gasteiger partial charge in [0.15, 0.2) is 0 Å². The summed E-state index contributed by atoms with van der Waals surface area (Å²) >= 11 is 6.23. The van der Waals surface area contributed by atoms with E-state index in [0.717, 1.165) is 32.8 Å². The molecule has 2 aliphatic heterocycles. The van der Waals surface area contributed by atoms with E-state index in [4.69, 9.17) is 21.1 Å². The Labute approximate surface area is 210 Å². The van der Waals surface area contributed by atoms with Gasteiger partial charge in [-0.05, 0) is 35.4 Å². The fraction of sp³-hybridized carbons (Fsp3) is 0.333. The second-order valence-corrected chi connectivity index (χ2v) is 9.05. The smallest absolute Gasteiger partial charge is 0.295 e. The normalized spacial score (nSPS) is 20.3. The number of rotatable bonds is 9. The number of nitrogens with zero attached hydrogens (tertiary/aromatic N) is 1. The zero-order valence-corrected chi connectivity index (χ0v) is 20.3. The summed E-state index contributed by atoms with van der Waals surface area (Å²) in [5.41, 5.74) is 0.916. The molecule has 2 fully saturated rings. The fourth-order valence-corrected chi connectivity index (χ4v) is 4.75. The number of hydrogen-bond donors (Lipinski definition) is 1. The molecule has 8 heteroatoms. The number of amides is 1. The molecule has 4 rings (SSSR count). The molecule has 1 atom stereocenters. The van der Waals surface area contributed by atoms with E-state index in [2.05, 4.69) is 6.58 Å². The largest absolute Gasteiger partial charge is 0.872 e. The summed E-state index contributed by atoms with van der Waals surface area (Å²) in [6.45, 7) is 8.49. The lowest BCUT2D eigenvalue weighted by Crippen LogP contribution is -3.14. The van der Waals surface area contributed by atoms with E-state index in [-0.39, 0.29) is 5.57 Å². The molecule has 2 saturated heterocycles. The third kappa shape index (κ3) is 5.75. The van der Waals surface area contributed by atoms with Gasteiger partial charge in [-0.25, -0.2) is 0 Å². The van der Waals surface area contributed by atoms with Crippen molar-refractivity contribution in [3.8, 4) is 5.75 Å². The van der Waals surface area contributed by atoms with E-state index in [1.165, 1.54) is 9.80 Å². The molecule has 1 N–H and O–H groups in total. The van der Waals surface area contributed by atoms with Crippen LogP contribution in [-0.2, 0) is 14.3 Å². The van der Waals surface area contributed by atoms with E-state index in [0.29, 0.717) is 41.5 Å². The van der Waals surface area contributed by atoms with Gasteiger partial charge in [-0.1, -0.05) is 54.3 Å². The Bertz CT molecular complexity index is 1110. The highest BCUT2D eigenvalue weighted by molar-refractivity contribution is 6.46. The van der Waals surface area contributed by atoms with Gasteiger partial charge in [0.05, 0.1) is 25.8 Å². The lowest BCUT2D eigenvalue weighted by atomic mass is 9.95. The number of hydrogen-bond acceptors (Lipinski definition) is 5. The molecule has 2 heterocycles. The number of carbonyl (C=O) groups excluding carboxylic acids is 2. The predicted molar refractivity (Wildman–Crippen MR) is 131 cm³/mol. The molecule has 184 valence electrons. The minimum absolute atomic E-state index is 0.0456. The topological polar surface area (TPSA) is 83.3 Å². The maximum atomic E-state index is 13.5. The van der Waals surface area contributed by atoms with E-state index >= 15 is 0 Å². The number of benzene rings is 2. The van der Waals surface area contributed by atoms with E-state index in [1.807, 2.05) is 0 Å². The first-order valence-corrected chi connectivity index (χ1v) is 12.1. The third-order valence-electron chi connectivity index (χ3n) is 6.31. The van der Waals surface area contributed by atoms with E-state index in [1.54, 1.807) is 54.6 Å². The Balaban J connectivity index is 1.64. The summed E-state index contributed by atoms with van der Waals surface area (Å²) in [5, 5.41) is 14.0. The molecular weight excluding hydrogens is 468 g/mol. The first kappa shape index (κ1) is 25.0. The van der Waals surface area contributed by atoms with Crippen LogP contribution in [0.4, 0.5) is 0 Å². The molecule has 0 aliphatic carbocycles. The van der Waals surface area contributed by atoms with E-state index < -0.39 is 23.5 Å². The van der Waals surface area contributed by atoms with Crippen LogP contribution in [0.5, 0.6) is 5.75 Å². The van der Waals surface area contributed by atoms with Crippen LogP contribution in [0.15, 0.2) is 66.8 Å². The first-order valence-electron chi connectivity index (χ1n) is 11.8. The van der Waals surface area contributed by atoms with Crippen LogP contribution in [0.1, 0.15) is 23.6 Å². The lowest BCUT2D eigenvalue weighted by molar-refractivity contribution is -0.908. The third-order valence-corrected chi connectivity index (χ3v) is 6.54. The van der Waals surface area contributed by atoms with Gasteiger partial charge in [0.1, 0.15) is 25.4 Å². The van der Waals surface area contributed by atoms with Gasteiger partial charge in [0.2, 0.25) is 5.78 Å². The van der Waals surface area contributed by atoms with Crippen LogP contribution in [0, 0.1) is 0 Å². The van der Waals surface area contributed by atoms with Crippen molar-refractivity contribution in [1.29, 1.82) is 0 Å². The van der Waals surface area contributed by atoms with Gasteiger partial charge in [-0.15, -0.1) is 0 Å². The summed E-state index contributed by atoms with van der Waals surface area (Å²) in [4.78, 5) is 29.1. The molecule has 0 aromatic heterocycles. The zero-order chi connectivity index (χ0) is 24.8. The highest BCUT2D eigenvalue weighted by atomic mass is 35.5. The maximum absolute atomic E-state index is 13.5. The van der Waals surface area contributed by atoms with Crippen LogP contribution in [0.25, 0.3) is 5.76 Å². The van der Waals surface area contributed by atoms with Gasteiger partial charge in [0, 0.05) is 23.6 Å². The predicted octanol–water partition coefficient (Wildman–Crippen LogP) is 1.43. The molecule has 2 aromatic rings. The summed E-state index contributed by atoms with van der Waals surface area (Å²) in [6, 6.07) is 12.7. The molecular formula is C27H29ClN2O5. The monoisotopic (exact) mass is 496 g/mol. The number of quaternary nitrogens is 1. The minimum atomic E-state index is -0.780. The van der Waals surface area contributed by atoms with Crippen LogP contribution < -0.4 is 14.7 Å². The van der Waals surface area contributed by atoms with Crippen LogP contribution in [0.2, 0.25) is 5.02 Å². The summed E-state index contributed by atoms with van der Waals surface area (Å²) < 4.78 is 10.9. The highest BCUT2D eigenvalue weighted by Crippen LogP contribution is 2.39. The number of nitrogens with one attached hydrogen (secondary N) is 1. The highest BCUT2D eigenvalue weighted by Gasteiger charge is 2.44. The number of carbonyl (C=O) groups is 2. The SMILES string of the molecule is C=CCOc1ccc(/C([O-])=C2\C(=O)C(=O)N(CCC[NH+]3CCOCC3)C2c2cccc(Cl)c2)cc1. The summed E-state index contributed by atoms with van der Waals surface area (Å²) in [7, 11) is 0. The molecule has 2 aromatic carbocycles. The zero-order valence-electron chi connectivity index (χ0n) is 19.5. The molecule has 0 radical (unpaired) electrons. The van der Waals surface area contributed by atoms with Gasteiger partial charge < -0.3 is 24.4 Å². The quantitative estimate of drug-likeness (QED) is 0.246. The molecule has 2 aliphatic rings. The number of ether oxygens (including phenoxy) is 2. The lowest BCUT2D eigenvalue weighted by Gasteiger charge is -2.29. The number of likely N-dealkylation sites (tertiary alicyclic amines) is 1.